The predicted octanol–water partition coefficient (Wildman–Crippen LogP) is 2.64. The fraction of sp³-hybridized carbons (Fsp3) is 0.0833. The third kappa shape index (κ3) is 2.20. The Kier molecular flexibility index (Phi) is 2.88. The van der Waals surface area contributed by atoms with E-state index < -0.39 is 5.82 Å². The average Bonchev–Trinajstić information content (AvgIpc) is 2.80. The molecule has 80 valence electrons. The summed E-state index contributed by atoms with van der Waals surface area (Å²) in [6.45, 7) is 0.548. The van der Waals surface area contributed by atoms with Gasteiger partial charge in [0.05, 0.1) is 17.3 Å². The second-order valence-electron chi connectivity index (χ2n) is 3.38. The van der Waals surface area contributed by atoms with Crippen molar-refractivity contribution in [2.45, 2.75) is 6.54 Å². The van der Waals surface area contributed by atoms with E-state index in [1.807, 2.05) is 24.5 Å². The normalized spacial score (nSPS) is 9.75. The molecule has 1 heterocycles. The number of H-pyrrole nitrogens is 1. The summed E-state index contributed by atoms with van der Waals surface area (Å²) in [7, 11) is 0. The fourth-order valence-electron chi connectivity index (χ4n) is 1.39. The van der Waals surface area contributed by atoms with Gasteiger partial charge in [-0.15, -0.1) is 0 Å². The minimum Gasteiger partial charge on any atom is -0.379 e. The number of nitriles is 1. The van der Waals surface area contributed by atoms with E-state index >= 15 is 0 Å². The third-order valence-corrected chi connectivity index (χ3v) is 2.24. The van der Waals surface area contributed by atoms with Crippen molar-refractivity contribution >= 4 is 5.69 Å². The molecule has 4 heteroatoms. The van der Waals surface area contributed by atoms with Gasteiger partial charge in [0.1, 0.15) is 5.82 Å². The van der Waals surface area contributed by atoms with Gasteiger partial charge in [-0.05, 0) is 29.8 Å². The SMILES string of the molecule is N#Cc1ccc(NCc2cc[nH]c2)c(F)c1. The molecule has 2 aromatic rings. The van der Waals surface area contributed by atoms with Crippen molar-refractivity contribution in [3.63, 3.8) is 0 Å². The van der Waals surface area contributed by atoms with Gasteiger partial charge < -0.3 is 10.3 Å². The molecular formula is C12H10FN3. The van der Waals surface area contributed by atoms with Crippen LogP contribution in [-0.4, -0.2) is 4.98 Å². The Balaban J connectivity index is 2.08. The number of hydrogen-bond acceptors (Lipinski definition) is 2. The van der Waals surface area contributed by atoms with Gasteiger partial charge >= 0.3 is 0 Å². The Morgan fingerprint density at radius 1 is 1.38 bits per heavy atom. The summed E-state index contributed by atoms with van der Waals surface area (Å²) in [5.41, 5.74) is 1.77. The number of halogens is 1. The number of nitrogens with zero attached hydrogens (tertiary/aromatic N) is 1. The van der Waals surface area contributed by atoms with Crippen molar-refractivity contribution in [3.8, 4) is 6.07 Å². The van der Waals surface area contributed by atoms with Crippen LogP contribution in [0.4, 0.5) is 10.1 Å². The smallest absolute Gasteiger partial charge is 0.147 e. The third-order valence-electron chi connectivity index (χ3n) is 2.24. The van der Waals surface area contributed by atoms with Crippen LogP contribution < -0.4 is 5.32 Å². The van der Waals surface area contributed by atoms with Crippen molar-refractivity contribution in [1.82, 2.24) is 4.98 Å². The Hall–Kier alpha value is -2.28. The predicted molar refractivity (Wildman–Crippen MR) is 59.2 cm³/mol. The summed E-state index contributed by atoms with van der Waals surface area (Å²) in [6.07, 6.45) is 3.65. The zero-order valence-electron chi connectivity index (χ0n) is 8.50. The fourth-order valence-corrected chi connectivity index (χ4v) is 1.39. The van der Waals surface area contributed by atoms with Gasteiger partial charge in [-0.3, -0.25) is 0 Å². The molecule has 0 atom stereocenters. The van der Waals surface area contributed by atoms with Gasteiger partial charge in [0.2, 0.25) is 0 Å². The van der Waals surface area contributed by atoms with Crippen LogP contribution in [0.2, 0.25) is 0 Å². The van der Waals surface area contributed by atoms with Crippen molar-refractivity contribution < 1.29 is 4.39 Å². The maximum atomic E-state index is 13.4. The molecule has 0 aliphatic carbocycles. The van der Waals surface area contributed by atoms with Gasteiger partial charge in [-0.1, -0.05) is 0 Å². The lowest BCUT2D eigenvalue weighted by molar-refractivity contribution is 0.629. The first-order valence-electron chi connectivity index (χ1n) is 4.85. The number of aromatic amines is 1. The minimum atomic E-state index is -0.408. The van der Waals surface area contributed by atoms with Crippen molar-refractivity contribution in [1.29, 1.82) is 5.26 Å². The quantitative estimate of drug-likeness (QED) is 0.826. The van der Waals surface area contributed by atoms with Crippen molar-refractivity contribution in [3.05, 3.63) is 53.6 Å². The van der Waals surface area contributed by atoms with E-state index in [1.165, 1.54) is 6.07 Å². The van der Waals surface area contributed by atoms with Gasteiger partial charge in [-0.2, -0.15) is 5.26 Å². The maximum Gasteiger partial charge on any atom is 0.147 e. The van der Waals surface area contributed by atoms with E-state index in [0.717, 1.165) is 5.56 Å². The number of nitrogens with one attached hydrogen (secondary N) is 2. The second kappa shape index (κ2) is 4.49. The molecule has 0 saturated heterocycles. The molecule has 0 amide bonds. The number of anilines is 1. The van der Waals surface area contributed by atoms with Crippen LogP contribution in [0.25, 0.3) is 0 Å². The van der Waals surface area contributed by atoms with Crippen LogP contribution in [0.1, 0.15) is 11.1 Å². The number of hydrogen-bond donors (Lipinski definition) is 2. The topological polar surface area (TPSA) is 51.6 Å². The van der Waals surface area contributed by atoms with Crippen LogP contribution in [0.3, 0.4) is 0 Å². The lowest BCUT2D eigenvalue weighted by atomic mass is 10.2. The summed E-state index contributed by atoms with van der Waals surface area (Å²) in [6, 6.07) is 8.18. The second-order valence-corrected chi connectivity index (χ2v) is 3.38. The highest BCUT2D eigenvalue weighted by Gasteiger charge is 2.02. The molecule has 0 spiro atoms. The molecule has 0 unspecified atom stereocenters. The summed E-state index contributed by atoms with van der Waals surface area (Å²) < 4.78 is 13.4. The molecule has 0 radical (unpaired) electrons. The first-order chi connectivity index (χ1) is 7.79. The Morgan fingerprint density at radius 3 is 2.88 bits per heavy atom. The number of aromatic nitrogens is 1. The molecule has 0 bridgehead atoms. The Morgan fingerprint density at radius 2 is 2.25 bits per heavy atom. The zero-order chi connectivity index (χ0) is 11.4. The van der Waals surface area contributed by atoms with E-state index in [9.17, 15) is 4.39 Å². The monoisotopic (exact) mass is 215 g/mol. The summed E-state index contributed by atoms with van der Waals surface area (Å²) in [4.78, 5) is 2.92. The van der Waals surface area contributed by atoms with Gasteiger partial charge in [0.25, 0.3) is 0 Å². The van der Waals surface area contributed by atoms with E-state index in [1.54, 1.807) is 12.1 Å². The molecule has 2 rings (SSSR count). The molecule has 3 nitrogen and oxygen atoms in total. The highest BCUT2D eigenvalue weighted by molar-refractivity contribution is 5.49. The highest BCUT2D eigenvalue weighted by Crippen LogP contribution is 2.16. The van der Waals surface area contributed by atoms with Crippen molar-refractivity contribution in [2.75, 3.05) is 5.32 Å². The zero-order valence-corrected chi connectivity index (χ0v) is 8.50. The molecule has 2 N–H and O–H groups in total. The maximum absolute atomic E-state index is 13.4. The first-order valence-corrected chi connectivity index (χ1v) is 4.85. The van der Waals surface area contributed by atoms with Crippen LogP contribution in [0.15, 0.2) is 36.7 Å². The van der Waals surface area contributed by atoms with E-state index in [-0.39, 0.29) is 0 Å². The van der Waals surface area contributed by atoms with E-state index in [2.05, 4.69) is 10.3 Å². The molecule has 1 aromatic heterocycles. The first kappa shape index (κ1) is 10.2. The average molecular weight is 215 g/mol. The van der Waals surface area contributed by atoms with Gasteiger partial charge in [0, 0.05) is 18.9 Å². The number of rotatable bonds is 3. The van der Waals surface area contributed by atoms with E-state index in [0.29, 0.717) is 17.8 Å². The highest BCUT2D eigenvalue weighted by atomic mass is 19.1. The summed E-state index contributed by atoms with van der Waals surface area (Å²) in [5.74, 6) is -0.408. The van der Waals surface area contributed by atoms with Gasteiger partial charge in [-0.25, -0.2) is 4.39 Å². The minimum absolute atomic E-state index is 0.324. The molecule has 0 aliphatic heterocycles. The molecule has 16 heavy (non-hydrogen) atoms. The van der Waals surface area contributed by atoms with Crippen molar-refractivity contribution in [2.24, 2.45) is 0 Å². The molecular weight excluding hydrogens is 205 g/mol. The largest absolute Gasteiger partial charge is 0.379 e. The van der Waals surface area contributed by atoms with Crippen LogP contribution in [0, 0.1) is 17.1 Å². The van der Waals surface area contributed by atoms with E-state index in [4.69, 9.17) is 5.26 Å². The lowest BCUT2D eigenvalue weighted by Crippen LogP contribution is -2.00. The van der Waals surface area contributed by atoms with Crippen LogP contribution in [0.5, 0.6) is 0 Å². The van der Waals surface area contributed by atoms with Crippen LogP contribution >= 0.6 is 0 Å². The summed E-state index contributed by atoms with van der Waals surface area (Å²) in [5, 5.41) is 11.6. The number of benzene rings is 1. The molecule has 0 fully saturated rings. The standard InChI is InChI=1S/C12H10FN3/c13-11-5-9(6-14)1-2-12(11)16-8-10-3-4-15-7-10/h1-5,7,15-16H,8H2. The Bertz CT molecular complexity index is 512. The molecule has 0 saturated carbocycles. The molecule has 0 aliphatic rings. The van der Waals surface area contributed by atoms with Gasteiger partial charge in [0.15, 0.2) is 0 Å². The molecule has 1 aromatic carbocycles. The summed E-state index contributed by atoms with van der Waals surface area (Å²) >= 11 is 0. The lowest BCUT2D eigenvalue weighted by Gasteiger charge is -2.06. The van der Waals surface area contributed by atoms with Crippen LogP contribution in [-0.2, 0) is 6.54 Å². The Labute approximate surface area is 92.5 Å².